The first-order chi connectivity index (χ1) is 1.91. The molecule has 0 saturated heterocycles. The van der Waals surface area contributed by atoms with Crippen molar-refractivity contribution in [3.05, 3.63) is 12.7 Å². The molecule has 0 radical (unpaired) electrons. The van der Waals surface area contributed by atoms with Crippen molar-refractivity contribution in [2.75, 3.05) is 0 Å². The molecule has 0 aliphatic carbocycles. The van der Waals surface area contributed by atoms with Crippen molar-refractivity contribution in [2.24, 2.45) is 0 Å². The molecule has 0 aromatic rings. The molecule has 0 aliphatic heterocycles. The second-order valence-electron chi connectivity index (χ2n) is 0.425. The average molecular weight is 144 g/mol. The summed E-state index contributed by atoms with van der Waals surface area (Å²) in [7, 11) is 0. The van der Waals surface area contributed by atoms with Crippen LogP contribution in [-0.4, -0.2) is 0 Å². The Morgan fingerprint density at radius 2 is 2.25 bits per heavy atom. The van der Waals surface area contributed by atoms with Gasteiger partial charge in [0.05, 0.1) is 0 Å². The molecule has 0 nitrogen and oxygen atoms in total. The van der Waals surface area contributed by atoms with Gasteiger partial charge in [-0.15, -0.1) is 0 Å². The van der Waals surface area contributed by atoms with E-state index in [1.54, 1.807) is 0 Å². The van der Waals surface area contributed by atoms with Gasteiger partial charge in [-0.25, -0.2) is 0 Å². The molecule has 1 heteroatoms. The summed E-state index contributed by atoms with van der Waals surface area (Å²) in [5, 5.41) is 0.973. The van der Waals surface area contributed by atoms with Crippen LogP contribution in [0.25, 0.3) is 0 Å². The predicted octanol–water partition coefficient (Wildman–Crippen LogP) is 1.14. The summed E-state index contributed by atoms with van der Waals surface area (Å²) in [4.78, 5) is 0. The van der Waals surface area contributed by atoms with Crippen molar-refractivity contribution in [2.45, 2.75) is 5.02 Å². The van der Waals surface area contributed by atoms with E-state index >= 15 is 0 Å². The molecule has 26 valence electrons. The summed E-state index contributed by atoms with van der Waals surface area (Å²) < 4.78 is 0. The molecule has 0 rings (SSSR count). The molecule has 0 unspecified atom stereocenters. The fourth-order valence-electron chi connectivity index (χ4n) is 0. The molecule has 0 atom stereocenters. The minimum absolute atomic E-state index is 0.973. The molecule has 0 amide bonds. The van der Waals surface area contributed by atoms with Gasteiger partial charge in [-0.1, -0.05) is 0 Å². The van der Waals surface area contributed by atoms with Crippen LogP contribution in [0.5, 0.6) is 0 Å². The van der Waals surface area contributed by atoms with Gasteiger partial charge >= 0.3 is 36.0 Å². The normalized spacial score (nSPS) is 6.50. The summed E-state index contributed by atoms with van der Waals surface area (Å²) in [6.07, 6.45) is 1.83. The molecule has 4 heavy (non-hydrogen) atoms. The Morgan fingerprint density at radius 1 is 2.00 bits per heavy atom. The van der Waals surface area contributed by atoms with Gasteiger partial charge in [-0.05, 0) is 0 Å². The first-order valence-electron chi connectivity index (χ1n) is 1.05. The fourth-order valence-corrected chi connectivity index (χ4v) is 0. The molecule has 0 saturated carbocycles. The van der Waals surface area contributed by atoms with E-state index in [0.717, 1.165) is 5.02 Å². The summed E-state index contributed by atoms with van der Waals surface area (Å²) in [6.45, 7) is 3.45. The Bertz CT molecular complexity index is 17.2. The summed E-state index contributed by atoms with van der Waals surface area (Å²) in [6, 6.07) is 0. The molecule has 0 aromatic heterocycles. The molecule has 0 aliphatic rings. The number of hydrogen-bond acceptors (Lipinski definition) is 0. The van der Waals surface area contributed by atoms with Gasteiger partial charge in [-0.3, -0.25) is 0 Å². The molecular weight excluding hydrogens is 139 g/mol. The van der Waals surface area contributed by atoms with E-state index in [1.807, 2.05) is 6.08 Å². The van der Waals surface area contributed by atoms with Gasteiger partial charge in [0, 0.05) is 0 Å². The summed E-state index contributed by atoms with van der Waals surface area (Å²) in [5.41, 5.74) is 0. The van der Waals surface area contributed by atoms with Crippen LogP contribution in [0.4, 0.5) is 0 Å². The van der Waals surface area contributed by atoms with Crippen molar-refractivity contribution in [3.8, 4) is 0 Å². The standard InChI is InChI=1S/C3H5.Rh/c1-3-2;/h3H,1-2H2;. The topological polar surface area (TPSA) is 0 Å². The van der Waals surface area contributed by atoms with Crippen molar-refractivity contribution in [1.29, 1.82) is 0 Å². The zero-order valence-electron chi connectivity index (χ0n) is 2.32. The van der Waals surface area contributed by atoms with E-state index in [-0.39, 0.29) is 0 Å². The van der Waals surface area contributed by atoms with Crippen LogP contribution in [0.1, 0.15) is 0 Å². The van der Waals surface area contributed by atoms with Gasteiger partial charge in [-0.2, -0.15) is 0 Å². The van der Waals surface area contributed by atoms with Gasteiger partial charge in [0.1, 0.15) is 0 Å². The monoisotopic (exact) mass is 144 g/mol. The average Bonchev–Trinajstić information content (AvgIpc) is 1.37. The Balaban J connectivity index is 2.30. The second-order valence-corrected chi connectivity index (χ2v) is 1.09. The van der Waals surface area contributed by atoms with Gasteiger partial charge in [0.25, 0.3) is 0 Å². The van der Waals surface area contributed by atoms with E-state index in [4.69, 9.17) is 0 Å². The van der Waals surface area contributed by atoms with E-state index in [2.05, 4.69) is 24.9 Å². The zero-order valence-corrected chi connectivity index (χ0v) is 3.96. The van der Waals surface area contributed by atoms with Gasteiger partial charge in [0.15, 0.2) is 0 Å². The molecule has 0 spiro atoms. The molecule has 0 aromatic carbocycles. The third kappa shape index (κ3) is 2.36. The Kier molecular flexibility index (Phi) is 3.67. The van der Waals surface area contributed by atoms with Crippen LogP contribution in [0.15, 0.2) is 12.7 Å². The maximum absolute atomic E-state index is 3.45. The molecular formula is C3H5Rh. The van der Waals surface area contributed by atoms with Crippen molar-refractivity contribution >= 4 is 0 Å². The molecule has 0 heterocycles. The number of rotatable bonds is 1. The minimum atomic E-state index is 0.973. The first-order valence-corrected chi connectivity index (χ1v) is 2.21. The molecule has 0 bridgehead atoms. The van der Waals surface area contributed by atoms with E-state index in [1.165, 1.54) is 0 Å². The SMILES string of the molecule is C=C[CH2][Rh]. The number of allylic oxidation sites excluding steroid dienone is 1. The second kappa shape index (κ2) is 3.36. The van der Waals surface area contributed by atoms with Crippen molar-refractivity contribution < 1.29 is 18.3 Å². The Hall–Kier alpha value is 0.363. The predicted molar refractivity (Wildman–Crippen MR) is 15.0 cm³/mol. The van der Waals surface area contributed by atoms with Crippen molar-refractivity contribution in [1.82, 2.24) is 0 Å². The summed E-state index contributed by atoms with van der Waals surface area (Å²) in [5.74, 6) is 0. The third-order valence-electron chi connectivity index (χ3n) is 0.0962. The first kappa shape index (κ1) is 4.36. The Morgan fingerprint density at radius 3 is 2.25 bits per heavy atom. The molecule has 0 fully saturated rings. The van der Waals surface area contributed by atoms with Crippen LogP contribution in [-0.2, 0) is 18.3 Å². The van der Waals surface area contributed by atoms with E-state index in [0.29, 0.717) is 0 Å². The quantitative estimate of drug-likeness (QED) is 0.382. The van der Waals surface area contributed by atoms with Crippen LogP contribution < -0.4 is 0 Å². The zero-order chi connectivity index (χ0) is 3.41. The van der Waals surface area contributed by atoms with Gasteiger partial charge < -0.3 is 0 Å². The van der Waals surface area contributed by atoms with E-state index in [9.17, 15) is 0 Å². The van der Waals surface area contributed by atoms with Crippen LogP contribution in [0.3, 0.4) is 0 Å². The third-order valence-corrected chi connectivity index (χ3v) is 0.569. The number of hydrogen-bond donors (Lipinski definition) is 0. The van der Waals surface area contributed by atoms with Gasteiger partial charge in [0.2, 0.25) is 0 Å². The fraction of sp³-hybridized carbons (Fsp3) is 0.333. The Labute approximate surface area is 36.6 Å². The van der Waals surface area contributed by atoms with Crippen molar-refractivity contribution in [3.63, 3.8) is 0 Å². The molecule has 0 N–H and O–H groups in total. The summed E-state index contributed by atoms with van der Waals surface area (Å²) >= 11 is 2.69. The van der Waals surface area contributed by atoms with Crippen LogP contribution in [0.2, 0.25) is 5.02 Å². The maximum atomic E-state index is 3.45. The van der Waals surface area contributed by atoms with Crippen LogP contribution >= 0.6 is 0 Å². The van der Waals surface area contributed by atoms with Crippen LogP contribution in [0, 0.1) is 0 Å². The van der Waals surface area contributed by atoms with E-state index < -0.39 is 0 Å².